The van der Waals surface area contributed by atoms with Gasteiger partial charge in [0.2, 0.25) is 10.0 Å². The van der Waals surface area contributed by atoms with E-state index in [1.165, 1.54) is 18.2 Å². The first-order chi connectivity index (χ1) is 13.1. The second kappa shape index (κ2) is 7.98. The monoisotopic (exact) mass is 436 g/mol. The minimum atomic E-state index is -4.77. The minimum Gasteiger partial charge on any atom is -0.296 e. The lowest BCUT2D eigenvalue weighted by Gasteiger charge is -2.34. The number of rotatable bonds is 4. The molecule has 2 aromatic rings. The first-order valence-corrected chi connectivity index (χ1v) is 10.2. The molecule has 0 unspecified atom stereocenters. The lowest BCUT2D eigenvalue weighted by molar-refractivity contribution is -0.139. The van der Waals surface area contributed by atoms with Crippen molar-refractivity contribution in [3.8, 4) is 0 Å². The second-order valence-electron chi connectivity index (χ2n) is 6.37. The maximum Gasteiger partial charge on any atom is 0.417 e. The van der Waals surface area contributed by atoms with E-state index in [1.54, 1.807) is 6.07 Å². The zero-order valence-electron chi connectivity index (χ0n) is 14.6. The predicted molar refractivity (Wildman–Crippen MR) is 96.9 cm³/mol. The van der Waals surface area contributed by atoms with Gasteiger partial charge in [-0.2, -0.15) is 17.5 Å². The van der Waals surface area contributed by atoms with E-state index in [4.69, 9.17) is 11.6 Å². The van der Waals surface area contributed by atoms with Crippen LogP contribution in [0.1, 0.15) is 11.1 Å². The van der Waals surface area contributed by atoms with Crippen LogP contribution in [-0.4, -0.2) is 43.8 Å². The molecule has 0 N–H and O–H groups in total. The zero-order chi connectivity index (χ0) is 20.5. The average molecular weight is 437 g/mol. The number of alkyl halides is 3. The van der Waals surface area contributed by atoms with Gasteiger partial charge in [0.25, 0.3) is 0 Å². The molecule has 1 heterocycles. The molecule has 2 aromatic carbocycles. The lowest BCUT2D eigenvalue weighted by atomic mass is 10.2. The molecule has 1 aliphatic heterocycles. The van der Waals surface area contributed by atoms with Gasteiger partial charge in [-0.3, -0.25) is 4.90 Å². The Morgan fingerprint density at radius 1 is 0.964 bits per heavy atom. The molecule has 0 aliphatic carbocycles. The molecular weight excluding hydrogens is 420 g/mol. The molecule has 0 amide bonds. The molecule has 0 spiro atoms. The normalized spacial score (nSPS) is 17.0. The summed E-state index contributed by atoms with van der Waals surface area (Å²) in [6.45, 7) is 0.690. The topological polar surface area (TPSA) is 40.6 Å². The SMILES string of the molecule is O=S(=O)(c1ccccc1C(F)(F)F)N1CCN(Cc2c(F)cccc2Cl)CC1. The maximum absolute atomic E-state index is 13.9. The highest BCUT2D eigenvalue weighted by atomic mass is 35.5. The molecular formula is C18H17ClF4N2O2S. The Labute approximate surface area is 165 Å². The fourth-order valence-corrected chi connectivity index (χ4v) is 4.96. The molecule has 1 saturated heterocycles. The Hall–Kier alpha value is -1.68. The maximum atomic E-state index is 13.9. The van der Waals surface area contributed by atoms with E-state index in [1.807, 2.05) is 4.90 Å². The van der Waals surface area contributed by atoms with Gasteiger partial charge in [-0.25, -0.2) is 12.8 Å². The minimum absolute atomic E-state index is 0.000592. The van der Waals surface area contributed by atoms with Crippen molar-refractivity contribution < 1.29 is 26.0 Å². The van der Waals surface area contributed by atoms with Crippen LogP contribution in [0, 0.1) is 5.82 Å². The summed E-state index contributed by atoms with van der Waals surface area (Å²) >= 11 is 6.01. The summed E-state index contributed by atoms with van der Waals surface area (Å²) in [5.74, 6) is -0.457. The third kappa shape index (κ3) is 4.32. The van der Waals surface area contributed by atoms with Gasteiger partial charge in [0.05, 0.1) is 10.5 Å². The van der Waals surface area contributed by atoms with E-state index in [0.29, 0.717) is 5.56 Å². The van der Waals surface area contributed by atoms with Crippen LogP contribution >= 0.6 is 11.6 Å². The summed E-state index contributed by atoms with van der Waals surface area (Å²) in [5.41, 5.74) is -0.876. The Bertz CT molecular complexity index is 938. The predicted octanol–water partition coefficient (Wildman–Crippen LogP) is 4.00. The van der Waals surface area contributed by atoms with Crippen LogP contribution < -0.4 is 0 Å². The third-order valence-electron chi connectivity index (χ3n) is 4.58. The first kappa shape index (κ1) is 21.0. The fraction of sp³-hybridized carbons (Fsp3) is 0.333. The largest absolute Gasteiger partial charge is 0.417 e. The van der Waals surface area contributed by atoms with Gasteiger partial charge in [0.15, 0.2) is 0 Å². The van der Waals surface area contributed by atoms with Gasteiger partial charge >= 0.3 is 6.18 Å². The Morgan fingerprint density at radius 2 is 1.61 bits per heavy atom. The summed E-state index contributed by atoms with van der Waals surface area (Å²) in [4.78, 5) is 1.06. The van der Waals surface area contributed by atoms with Crippen molar-refractivity contribution in [3.05, 3.63) is 64.4 Å². The summed E-state index contributed by atoms with van der Waals surface area (Å²) in [5, 5.41) is 0.272. The van der Waals surface area contributed by atoms with Crippen molar-refractivity contribution in [1.29, 1.82) is 0 Å². The number of piperazine rings is 1. The molecule has 0 atom stereocenters. The first-order valence-electron chi connectivity index (χ1n) is 8.42. The van der Waals surface area contributed by atoms with Crippen molar-refractivity contribution in [2.45, 2.75) is 17.6 Å². The molecule has 3 rings (SSSR count). The van der Waals surface area contributed by atoms with Gasteiger partial charge < -0.3 is 0 Å². The van der Waals surface area contributed by atoms with Gasteiger partial charge in [-0.15, -0.1) is 0 Å². The van der Waals surface area contributed by atoms with Crippen LogP contribution in [0.3, 0.4) is 0 Å². The van der Waals surface area contributed by atoms with E-state index in [0.717, 1.165) is 22.5 Å². The highest BCUT2D eigenvalue weighted by Crippen LogP contribution is 2.35. The zero-order valence-corrected chi connectivity index (χ0v) is 16.2. The molecule has 0 saturated carbocycles. The van der Waals surface area contributed by atoms with Crippen LogP contribution in [0.5, 0.6) is 0 Å². The highest BCUT2D eigenvalue weighted by molar-refractivity contribution is 7.89. The Kier molecular flexibility index (Phi) is 6.00. The van der Waals surface area contributed by atoms with Crippen LogP contribution in [0.2, 0.25) is 5.02 Å². The Balaban J connectivity index is 1.75. The van der Waals surface area contributed by atoms with Crippen molar-refractivity contribution in [2.24, 2.45) is 0 Å². The average Bonchev–Trinajstić information content (AvgIpc) is 2.64. The van der Waals surface area contributed by atoms with Gasteiger partial charge in [-0.1, -0.05) is 29.8 Å². The number of benzene rings is 2. The lowest BCUT2D eigenvalue weighted by Crippen LogP contribution is -2.48. The van der Waals surface area contributed by atoms with E-state index in [9.17, 15) is 26.0 Å². The number of hydrogen-bond donors (Lipinski definition) is 0. The summed E-state index contributed by atoms with van der Waals surface area (Å²) < 4.78 is 80.0. The fourth-order valence-electron chi connectivity index (χ4n) is 3.10. The van der Waals surface area contributed by atoms with Crippen molar-refractivity contribution in [2.75, 3.05) is 26.2 Å². The Morgan fingerprint density at radius 3 is 2.21 bits per heavy atom. The molecule has 4 nitrogen and oxygen atoms in total. The number of halogens is 5. The summed E-state index contributed by atoms with van der Waals surface area (Å²) in [6, 6.07) is 8.47. The molecule has 28 heavy (non-hydrogen) atoms. The molecule has 0 radical (unpaired) electrons. The van der Waals surface area contributed by atoms with Crippen molar-refractivity contribution in [1.82, 2.24) is 9.21 Å². The smallest absolute Gasteiger partial charge is 0.296 e. The van der Waals surface area contributed by atoms with E-state index >= 15 is 0 Å². The molecule has 1 aliphatic rings. The van der Waals surface area contributed by atoms with E-state index in [2.05, 4.69) is 0 Å². The number of sulfonamides is 1. The summed E-state index contributed by atoms with van der Waals surface area (Å²) in [7, 11) is -4.30. The van der Waals surface area contributed by atoms with Crippen molar-refractivity contribution in [3.63, 3.8) is 0 Å². The third-order valence-corrected chi connectivity index (χ3v) is 6.90. The molecule has 1 fully saturated rings. The molecule has 0 aromatic heterocycles. The van der Waals surface area contributed by atoms with E-state index in [-0.39, 0.29) is 37.7 Å². The highest BCUT2D eigenvalue weighted by Gasteiger charge is 2.39. The van der Waals surface area contributed by atoms with Gasteiger partial charge in [-0.05, 0) is 24.3 Å². The molecule has 0 bridgehead atoms. The van der Waals surface area contributed by atoms with E-state index < -0.39 is 32.5 Å². The number of hydrogen-bond acceptors (Lipinski definition) is 3. The molecule has 10 heteroatoms. The van der Waals surface area contributed by atoms with Crippen molar-refractivity contribution >= 4 is 21.6 Å². The molecule has 152 valence electrons. The second-order valence-corrected chi connectivity index (χ2v) is 8.69. The summed E-state index contributed by atoms with van der Waals surface area (Å²) in [6.07, 6.45) is -4.77. The quantitative estimate of drug-likeness (QED) is 0.680. The number of nitrogens with zero attached hydrogens (tertiary/aromatic N) is 2. The van der Waals surface area contributed by atoms with Gasteiger partial charge in [0, 0.05) is 43.3 Å². The van der Waals surface area contributed by atoms with Crippen LogP contribution in [0.25, 0.3) is 0 Å². The van der Waals surface area contributed by atoms with Crippen LogP contribution in [0.4, 0.5) is 17.6 Å². The van der Waals surface area contributed by atoms with Crippen LogP contribution in [-0.2, 0) is 22.7 Å². The standard InChI is InChI=1S/C18H17ClF4N2O2S/c19-15-5-3-6-16(20)13(15)12-24-8-10-25(11-9-24)28(26,27)17-7-2-1-4-14(17)18(21,22)23/h1-7H,8-12H2. The van der Waals surface area contributed by atoms with Crippen LogP contribution in [0.15, 0.2) is 47.4 Å². The van der Waals surface area contributed by atoms with Gasteiger partial charge in [0.1, 0.15) is 5.82 Å².